The molecule has 0 saturated carbocycles. The Bertz CT molecular complexity index is 730. The van der Waals surface area contributed by atoms with Crippen molar-refractivity contribution in [2.75, 3.05) is 20.3 Å². The summed E-state index contributed by atoms with van der Waals surface area (Å²) in [5, 5.41) is 42.6. The Morgan fingerprint density at radius 2 is 1.72 bits per heavy atom. The fraction of sp³-hybridized carbons (Fsp3) is 0.583. The lowest BCUT2D eigenvalue weighted by Gasteiger charge is -2.28. The average molecular weight is 452 g/mol. The summed E-state index contributed by atoms with van der Waals surface area (Å²) >= 11 is 0. The van der Waals surface area contributed by atoms with Gasteiger partial charge in [-0.1, -0.05) is 63.3 Å². The summed E-state index contributed by atoms with van der Waals surface area (Å²) in [4.78, 5) is 25.5. The summed E-state index contributed by atoms with van der Waals surface area (Å²) in [5.74, 6) is -1.75. The summed E-state index contributed by atoms with van der Waals surface area (Å²) in [5.41, 5.74) is 0.607. The molecule has 0 aromatic heterocycles. The number of carbonyl (C=O) groups excluding carboxylic acids is 2. The Morgan fingerprint density at radius 1 is 1.09 bits per heavy atom. The van der Waals surface area contributed by atoms with Crippen LogP contribution in [-0.4, -0.2) is 76.8 Å². The van der Waals surface area contributed by atoms with Gasteiger partial charge in [0.25, 0.3) is 0 Å². The topological polar surface area (TPSA) is 136 Å². The molecule has 0 heterocycles. The Morgan fingerprint density at radius 3 is 2.25 bits per heavy atom. The molecule has 0 spiro atoms. The van der Waals surface area contributed by atoms with Gasteiger partial charge in [-0.2, -0.15) is 0 Å². The van der Waals surface area contributed by atoms with Crippen LogP contribution in [-0.2, 0) is 20.7 Å². The monoisotopic (exact) mass is 451 g/mol. The number of nitrogens with one attached hydrogen (secondary N) is 1. The van der Waals surface area contributed by atoms with Crippen LogP contribution >= 0.6 is 0 Å². The smallest absolute Gasteiger partial charge is 0.223 e. The van der Waals surface area contributed by atoms with Gasteiger partial charge in [-0.05, 0) is 17.4 Å². The Labute approximate surface area is 189 Å². The van der Waals surface area contributed by atoms with E-state index in [1.807, 2.05) is 51.1 Å². The molecule has 1 rings (SSSR count). The van der Waals surface area contributed by atoms with Crippen LogP contribution in [0.5, 0.6) is 0 Å². The van der Waals surface area contributed by atoms with Crippen molar-refractivity contribution in [3.63, 3.8) is 0 Å². The first-order chi connectivity index (χ1) is 15.0. The van der Waals surface area contributed by atoms with E-state index in [0.29, 0.717) is 0 Å². The first-order valence-corrected chi connectivity index (χ1v) is 10.7. The molecule has 0 bridgehead atoms. The van der Waals surface area contributed by atoms with E-state index in [2.05, 4.69) is 5.32 Å². The SMILES string of the molecule is CO[C@@H](C(=O)C[C@@H](Cc1ccccc1)C(=O)NCCO)[C@H](O)[C@@H](O)[C@H](O)/C=C/C(C)(C)C. The van der Waals surface area contributed by atoms with Crippen molar-refractivity contribution in [3.05, 3.63) is 48.0 Å². The number of ketones is 1. The molecule has 1 aromatic rings. The number of Topliss-reactive ketones (excluding diaryl/α,β-unsaturated/α-hetero) is 1. The van der Waals surface area contributed by atoms with E-state index in [0.717, 1.165) is 5.56 Å². The van der Waals surface area contributed by atoms with Crippen molar-refractivity contribution in [1.82, 2.24) is 5.32 Å². The van der Waals surface area contributed by atoms with E-state index >= 15 is 0 Å². The summed E-state index contributed by atoms with van der Waals surface area (Å²) in [6.07, 6.45) is -3.08. The van der Waals surface area contributed by atoms with Crippen LogP contribution in [0.15, 0.2) is 42.5 Å². The van der Waals surface area contributed by atoms with Gasteiger partial charge in [0.2, 0.25) is 5.91 Å². The quantitative estimate of drug-likeness (QED) is 0.277. The molecule has 8 heteroatoms. The first kappa shape index (κ1) is 27.9. The van der Waals surface area contributed by atoms with Crippen LogP contribution in [0, 0.1) is 11.3 Å². The van der Waals surface area contributed by atoms with Crippen molar-refractivity contribution in [2.45, 2.75) is 58.0 Å². The van der Waals surface area contributed by atoms with E-state index in [1.165, 1.54) is 13.2 Å². The number of carbonyl (C=O) groups is 2. The summed E-state index contributed by atoms with van der Waals surface area (Å²) in [7, 11) is 1.22. The van der Waals surface area contributed by atoms with Crippen LogP contribution < -0.4 is 5.32 Å². The second-order valence-corrected chi connectivity index (χ2v) is 8.92. The van der Waals surface area contributed by atoms with E-state index in [9.17, 15) is 24.9 Å². The first-order valence-electron chi connectivity index (χ1n) is 10.7. The zero-order valence-electron chi connectivity index (χ0n) is 19.3. The van der Waals surface area contributed by atoms with E-state index in [4.69, 9.17) is 9.84 Å². The van der Waals surface area contributed by atoms with E-state index in [-0.39, 0.29) is 31.4 Å². The van der Waals surface area contributed by atoms with Gasteiger partial charge in [-0.15, -0.1) is 0 Å². The number of amides is 1. The van der Waals surface area contributed by atoms with Crippen LogP contribution in [0.2, 0.25) is 0 Å². The maximum absolute atomic E-state index is 12.9. The number of rotatable bonds is 13. The number of benzene rings is 1. The number of methoxy groups -OCH3 is 1. The van der Waals surface area contributed by atoms with Crippen LogP contribution in [0.25, 0.3) is 0 Å². The van der Waals surface area contributed by atoms with E-state index in [1.54, 1.807) is 6.08 Å². The van der Waals surface area contributed by atoms with Crippen molar-refractivity contribution < 1.29 is 34.8 Å². The lowest BCUT2D eigenvalue weighted by atomic mass is 9.89. The highest BCUT2D eigenvalue weighted by Gasteiger charge is 2.36. The largest absolute Gasteiger partial charge is 0.395 e. The third-order valence-electron chi connectivity index (χ3n) is 4.93. The number of aliphatic hydroxyl groups excluding tert-OH is 4. The molecular formula is C24H37NO7. The normalized spacial score (nSPS) is 16.9. The van der Waals surface area contributed by atoms with Gasteiger partial charge in [0.15, 0.2) is 5.78 Å². The molecule has 32 heavy (non-hydrogen) atoms. The van der Waals surface area contributed by atoms with Crippen molar-refractivity contribution in [3.8, 4) is 0 Å². The van der Waals surface area contributed by atoms with Crippen LogP contribution in [0.1, 0.15) is 32.8 Å². The maximum Gasteiger partial charge on any atom is 0.223 e. The molecule has 180 valence electrons. The average Bonchev–Trinajstić information content (AvgIpc) is 2.75. The summed E-state index contributed by atoms with van der Waals surface area (Å²) in [6, 6.07) is 9.16. The minimum absolute atomic E-state index is 0.0552. The Balaban J connectivity index is 2.94. The summed E-state index contributed by atoms with van der Waals surface area (Å²) < 4.78 is 5.14. The van der Waals surface area contributed by atoms with Gasteiger partial charge in [0, 0.05) is 26.0 Å². The van der Waals surface area contributed by atoms with Crippen LogP contribution in [0.4, 0.5) is 0 Å². The van der Waals surface area contributed by atoms with Crippen molar-refractivity contribution >= 4 is 11.7 Å². The fourth-order valence-corrected chi connectivity index (χ4v) is 3.18. The molecule has 5 atom stereocenters. The number of allylic oxidation sites excluding steroid dienone is 1. The molecule has 1 amide bonds. The zero-order chi connectivity index (χ0) is 24.3. The molecule has 0 radical (unpaired) electrons. The zero-order valence-corrected chi connectivity index (χ0v) is 19.3. The fourth-order valence-electron chi connectivity index (χ4n) is 3.18. The van der Waals surface area contributed by atoms with Gasteiger partial charge in [-0.25, -0.2) is 0 Å². The maximum atomic E-state index is 12.9. The highest BCUT2D eigenvalue weighted by molar-refractivity contribution is 5.89. The van der Waals surface area contributed by atoms with Crippen LogP contribution in [0.3, 0.4) is 0 Å². The Hall–Kier alpha value is -2.10. The van der Waals surface area contributed by atoms with Crippen molar-refractivity contribution in [2.24, 2.45) is 11.3 Å². The molecule has 5 N–H and O–H groups in total. The minimum atomic E-state index is -1.69. The lowest BCUT2D eigenvalue weighted by Crippen LogP contribution is -2.49. The van der Waals surface area contributed by atoms with Gasteiger partial charge >= 0.3 is 0 Å². The number of hydrogen-bond acceptors (Lipinski definition) is 7. The molecule has 0 aliphatic carbocycles. The minimum Gasteiger partial charge on any atom is -0.395 e. The second kappa shape index (κ2) is 13.4. The van der Waals surface area contributed by atoms with Gasteiger partial charge in [0.1, 0.15) is 24.4 Å². The van der Waals surface area contributed by atoms with E-state index < -0.39 is 42.0 Å². The second-order valence-electron chi connectivity index (χ2n) is 8.92. The molecule has 0 fully saturated rings. The molecule has 0 unspecified atom stereocenters. The standard InChI is InChI=1S/C24H37NO7/c1-24(2,3)11-10-18(27)20(29)21(30)22(32-4)19(28)15-17(23(31)25-12-13-26)14-16-8-6-5-7-9-16/h5-11,17-18,20-22,26-27,29-30H,12-15H2,1-4H3,(H,25,31)/b11-10+/t17-,18-,20+,21-,22+/m1/s1. The Kier molecular flexibility index (Phi) is 11.7. The van der Waals surface area contributed by atoms with Gasteiger partial charge in [0.05, 0.1) is 6.61 Å². The number of hydrogen-bond donors (Lipinski definition) is 5. The third kappa shape index (κ3) is 9.58. The third-order valence-corrected chi connectivity index (χ3v) is 4.93. The number of ether oxygens (including phenoxy) is 1. The predicted molar refractivity (Wildman–Crippen MR) is 121 cm³/mol. The molecule has 1 aromatic carbocycles. The molecule has 8 nitrogen and oxygen atoms in total. The molecule has 0 aliphatic rings. The lowest BCUT2D eigenvalue weighted by molar-refractivity contribution is -0.149. The molecular weight excluding hydrogens is 414 g/mol. The van der Waals surface area contributed by atoms with Gasteiger partial charge in [-0.3, -0.25) is 9.59 Å². The molecule has 0 aliphatic heterocycles. The molecule has 0 saturated heterocycles. The van der Waals surface area contributed by atoms with Crippen molar-refractivity contribution in [1.29, 1.82) is 0 Å². The summed E-state index contributed by atoms with van der Waals surface area (Å²) in [6.45, 7) is 5.56. The number of aliphatic hydroxyl groups is 4. The highest BCUT2D eigenvalue weighted by Crippen LogP contribution is 2.20. The highest BCUT2D eigenvalue weighted by atomic mass is 16.5. The predicted octanol–water partition coefficient (Wildman–Crippen LogP) is 0.613. The van der Waals surface area contributed by atoms with Gasteiger partial charge < -0.3 is 30.5 Å².